The Kier molecular flexibility index (Phi) is 11.3. The molecule has 0 spiro atoms. The molecule has 1 aromatic heterocycles. The average molecular weight is 870 g/mol. The molecule has 0 radical (unpaired) electrons. The molecule has 0 bridgehead atoms. The highest BCUT2D eigenvalue weighted by molar-refractivity contribution is 7.91. The molecule has 20 heteroatoms. The van der Waals surface area contributed by atoms with Crippen molar-refractivity contribution < 1.29 is 63.8 Å². The molecule has 5 aliphatic rings. The number of fused-ring (bicyclic) bond motifs is 3. The zero-order chi connectivity index (χ0) is 43.6. The Labute approximate surface area is 343 Å². The number of nitrogens with one attached hydrogen (secondary N) is 3. The van der Waals surface area contributed by atoms with Crippen LogP contribution >= 0.6 is 0 Å². The number of pyridine rings is 1. The summed E-state index contributed by atoms with van der Waals surface area (Å²) in [6.45, 7) is 1.95. The lowest BCUT2D eigenvalue weighted by atomic mass is 9.87. The summed E-state index contributed by atoms with van der Waals surface area (Å²) in [5.41, 5.74) is -4.47. The molecule has 7 atom stereocenters. The molecule has 1 aromatic carbocycles. The molecule has 14 nitrogen and oxygen atoms in total. The Hall–Kier alpha value is -4.75. The lowest BCUT2D eigenvalue weighted by Crippen LogP contribution is -2.60. The molecular formula is C40H48F5N5O9S. The van der Waals surface area contributed by atoms with E-state index in [1.54, 1.807) is 19.1 Å². The number of sulfonamides is 1. The second-order valence-corrected chi connectivity index (χ2v) is 19.1. The summed E-state index contributed by atoms with van der Waals surface area (Å²) in [5, 5.41) is 5.58. The van der Waals surface area contributed by atoms with E-state index in [2.05, 4.69) is 15.6 Å². The quantitative estimate of drug-likeness (QED) is 0.229. The molecule has 60 heavy (non-hydrogen) atoms. The van der Waals surface area contributed by atoms with Crippen molar-refractivity contribution in [2.24, 2.45) is 23.2 Å². The van der Waals surface area contributed by atoms with Gasteiger partial charge in [0.1, 0.15) is 46.3 Å². The van der Waals surface area contributed by atoms with Crippen LogP contribution in [0, 0.1) is 29.0 Å². The number of ether oxygens (including phenoxy) is 3. The van der Waals surface area contributed by atoms with E-state index in [-0.39, 0.29) is 60.9 Å². The smallest absolute Gasteiger partial charge is 0.403 e. The van der Waals surface area contributed by atoms with Crippen LogP contribution < -0.4 is 29.6 Å². The maximum Gasteiger partial charge on any atom is 0.403 e. The van der Waals surface area contributed by atoms with Crippen molar-refractivity contribution >= 4 is 44.4 Å². The second kappa shape index (κ2) is 15.6. The summed E-state index contributed by atoms with van der Waals surface area (Å²) < 4.78 is 115. The van der Waals surface area contributed by atoms with Gasteiger partial charge in [0.05, 0.1) is 32.3 Å². The van der Waals surface area contributed by atoms with E-state index in [4.69, 9.17) is 14.2 Å². The number of aromatic nitrogens is 1. The molecule has 1 saturated heterocycles. The Morgan fingerprint density at radius 1 is 1.02 bits per heavy atom. The molecule has 3 aliphatic carbocycles. The van der Waals surface area contributed by atoms with Crippen molar-refractivity contribution in [2.75, 3.05) is 27.4 Å². The van der Waals surface area contributed by atoms with Gasteiger partial charge in [0.15, 0.2) is 11.6 Å². The average Bonchev–Trinajstić information content (AvgIpc) is 4.11. The molecule has 3 saturated carbocycles. The van der Waals surface area contributed by atoms with E-state index in [9.17, 15) is 45.2 Å². The molecule has 4 amide bonds. The van der Waals surface area contributed by atoms with E-state index >= 15 is 4.39 Å². The number of alkyl halides is 4. The van der Waals surface area contributed by atoms with Gasteiger partial charge in [0, 0.05) is 17.7 Å². The monoisotopic (exact) mass is 869 g/mol. The van der Waals surface area contributed by atoms with Crippen LogP contribution in [-0.4, -0.2) is 104 Å². The van der Waals surface area contributed by atoms with Crippen LogP contribution in [0.15, 0.2) is 30.5 Å². The first-order chi connectivity index (χ1) is 28.2. The van der Waals surface area contributed by atoms with Gasteiger partial charge in [-0.2, -0.15) is 13.2 Å². The Morgan fingerprint density at radius 2 is 1.72 bits per heavy atom. The molecule has 2 aliphatic heterocycles. The summed E-state index contributed by atoms with van der Waals surface area (Å²) in [6, 6.07) is -0.509. The lowest BCUT2D eigenvalue weighted by Gasteiger charge is -2.34. The minimum atomic E-state index is -4.87. The highest BCUT2D eigenvalue weighted by Crippen LogP contribution is 2.58. The van der Waals surface area contributed by atoms with Crippen molar-refractivity contribution in [3.05, 3.63) is 36.3 Å². The van der Waals surface area contributed by atoms with Gasteiger partial charge >= 0.3 is 6.18 Å². The third-order valence-corrected chi connectivity index (χ3v) is 15.0. The predicted molar refractivity (Wildman–Crippen MR) is 204 cm³/mol. The second-order valence-electron chi connectivity index (χ2n) is 17.0. The summed E-state index contributed by atoms with van der Waals surface area (Å²) in [7, 11) is -1.84. The van der Waals surface area contributed by atoms with Gasteiger partial charge in [0.25, 0.3) is 5.91 Å². The summed E-state index contributed by atoms with van der Waals surface area (Å²) in [6.07, 6.45) is -1.01. The normalized spacial score (nSPS) is 30.4. The number of amides is 4. The zero-order valence-corrected chi connectivity index (χ0v) is 34.3. The highest BCUT2D eigenvalue weighted by Gasteiger charge is 2.69. The summed E-state index contributed by atoms with van der Waals surface area (Å²) in [5.74, 6) is -6.46. The highest BCUT2D eigenvalue weighted by atomic mass is 32.2. The largest absolute Gasteiger partial charge is 0.494 e. The van der Waals surface area contributed by atoms with E-state index in [1.807, 2.05) is 11.6 Å². The molecule has 4 fully saturated rings. The Balaban J connectivity index is 1.25. The van der Waals surface area contributed by atoms with Gasteiger partial charge in [0.2, 0.25) is 33.6 Å². The van der Waals surface area contributed by atoms with Gasteiger partial charge in [-0.1, -0.05) is 26.0 Å². The number of nitrogens with zero attached hydrogens (tertiary/aromatic N) is 2. The van der Waals surface area contributed by atoms with Crippen LogP contribution in [0.25, 0.3) is 10.8 Å². The Bertz CT molecular complexity index is 2220. The molecular weight excluding hydrogens is 822 g/mol. The van der Waals surface area contributed by atoms with Crippen LogP contribution in [0.2, 0.25) is 0 Å². The van der Waals surface area contributed by atoms with Gasteiger partial charge in [-0.3, -0.25) is 23.9 Å². The first-order valence-electron chi connectivity index (χ1n) is 19.9. The van der Waals surface area contributed by atoms with Crippen molar-refractivity contribution in [1.82, 2.24) is 25.2 Å². The van der Waals surface area contributed by atoms with Crippen LogP contribution in [0.5, 0.6) is 17.4 Å². The Morgan fingerprint density at radius 3 is 2.33 bits per heavy atom. The maximum atomic E-state index is 15.1. The predicted octanol–water partition coefficient (Wildman–Crippen LogP) is 4.40. The van der Waals surface area contributed by atoms with E-state index in [1.165, 1.54) is 26.5 Å². The third kappa shape index (κ3) is 7.72. The van der Waals surface area contributed by atoms with E-state index < -0.39 is 111 Å². The van der Waals surface area contributed by atoms with Gasteiger partial charge in [-0.25, -0.2) is 22.2 Å². The van der Waals surface area contributed by atoms with Crippen molar-refractivity contribution in [1.29, 1.82) is 0 Å². The fraction of sp³-hybridized carbons (Fsp3) is 0.625. The zero-order valence-electron chi connectivity index (χ0n) is 33.5. The molecule has 328 valence electrons. The molecule has 7 rings (SSSR count). The van der Waals surface area contributed by atoms with Crippen LogP contribution in [-0.2, 0) is 29.2 Å². The number of hydrogen-bond acceptors (Lipinski definition) is 10. The van der Waals surface area contributed by atoms with Crippen molar-refractivity contribution in [2.45, 2.75) is 106 Å². The van der Waals surface area contributed by atoms with Gasteiger partial charge < -0.3 is 29.7 Å². The first kappa shape index (κ1) is 43.3. The molecule has 3 heterocycles. The van der Waals surface area contributed by atoms with Crippen LogP contribution in [0.1, 0.15) is 71.6 Å². The third-order valence-electron chi connectivity index (χ3n) is 12.9. The number of carbonyl (C=O) groups is 4. The number of allylic oxidation sites excluding steroid dienone is 1. The SMILES string of the molecule is COc1cc2c(OC)cnc(O[C@@H]3C[C@H]4C(=O)N[C@]5(C(=O)NS(=O)(=O)C6(CF)CC6)C[C@H]5/C=C\CC[C@@H](C)C[C@@H](C)[C@H](NC(=O)C5(C(F)(F)F)CC5)C(=O)N4C3)c2cc1F. The summed E-state index contributed by atoms with van der Waals surface area (Å²) in [4.78, 5) is 62.0. The topological polar surface area (TPSA) is 182 Å². The van der Waals surface area contributed by atoms with Crippen LogP contribution in [0.3, 0.4) is 0 Å². The number of hydrogen-bond donors (Lipinski definition) is 3. The number of benzene rings is 1. The lowest BCUT2D eigenvalue weighted by molar-refractivity contribution is -0.193. The number of rotatable bonds is 10. The standard InChI is InChI=1S/C40H48F5N5O9S/c1-21-7-5-6-8-23-17-39(23,36(54)49-60(55,56)37(20-41)9-10-37)48-32(51)28-14-24(59-33-26-15-27(42)29(57-3)16-25(26)30(58-4)18-46-33)19-50(28)34(52)31(22(2)13-21)47-35(53)38(11-12-38)40(43,44)45/h6,8,15-16,18,21-24,28,31H,5,7,9-14,17,19-20H2,1-4H3,(H,47,53)(H,48,51)(H,49,54)/b8-6-/t21-,22-,23-,24-,28+,31+,39-/m1/s1. The van der Waals surface area contributed by atoms with Crippen molar-refractivity contribution in [3.8, 4) is 17.4 Å². The van der Waals surface area contributed by atoms with Crippen molar-refractivity contribution in [3.63, 3.8) is 0 Å². The van der Waals surface area contributed by atoms with Gasteiger partial charge in [-0.05, 0) is 75.3 Å². The minimum absolute atomic E-state index is 0.00622. The van der Waals surface area contributed by atoms with E-state index in [0.717, 1.165) is 11.0 Å². The minimum Gasteiger partial charge on any atom is -0.494 e. The van der Waals surface area contributed by atoms with Crippen LogP contribution in [0.4, 0.5) is 22.0 Å². The number of carbonyl (C=O) groups excluding carboxylic acids is 4. The van der Waals surface area contributed by atoms with E-state index in [0.29, 0.717) is 24.6 Å². The fourth-order valence-electron chi connectivity index (χ4n) is 8.56. The fourth-order valence-corrected chi connectivity index (χ4v) is 9.98. The number of halogens is 5. The maximum absolute atomic E-state index is 15.1. The molecule has 3 N–H and O–H groups in total. The number of methoxy groups -OCH3 is 2. The summed E-state index contributed by atoms with van der Waals surface area (Å²) >= 11 is 0. The molecule has 2 aromatic rings. The van der Waals surface area contributed by atoms with Gasteiger partial charge in [-0.15, -0.1) is 0 Å². The molecule has 0 unspecified atom stereocenters. The first-order valence-corrected chi connectivity index (χ1v) is 21.4.